The van der Waals surface area contributed by atoms with Crippen molar-refractivity contribution in [1.29, 1.82) is 0 Å². The molecule has 1 aliphatic heterocycles. The van der Waals surface area contributed by atoms with Crippen LogP contribution in [0, 0.1) is 13.8 Å². The predicted octanol–water partition coefficient (Wildman–Crippen LogP) is 4.52. The number of aliphatic hydroxyl groups is 1. The lowest BCUT2D eigenvalue weighted by molar-refractivity contribution is 0.0691. The first-order valence-corrected chi connectivity index (χ1v) is 11.2. The van der Waals surface area contributed by atoms with Gasteiger partial charge in [0.2, 0.25) is 5.76 Å². The van der Waals surface area contributed by atoms with Gasteiger partial charge in [0.25, 0.3) is 5.91 Å². The molecule has 6 nitrogen and oxygen atoms in total. The van der Waals surface area contributed by atoms with Crippen molar-refractivity contribution >= 4 is 16.9 Å². The summed E-state index contributed by atoms with van der Waals surface area (Å²) in [5.74, 6) is 0.370. The van der Waals surface area contributed by atoms with Gasteiger partial charge in [-0.3, -0.25) is 9.59 Å². The predicted molar refractivity (Wildman–Crippen MR) is 123 cm³/mol. The van der Waals surface area contributed by atoms with Gasteiger partial charge in [0.15, 0.2) is 5.43 Å². The topological polar surface area (TPSA) is 80.0 Å². The third-order valence-electron chi connectivity index (χ3n) is 5.93. The zero-order valence-corrected chi connectivity index (χ0v) is 18.8. The summed E-state index contributed by atoms with van der Waals surface area (Å²) in [7, 11) is 0. The molecular formula is C26H29NO5. The Morgan fingerprint density at radius 2 is 1.94 bits per heavy atom. The number of aliphatic hydroxyl groups excluding tert-OH is 1. The Hall–Kier alpha value is -3.12. The number of β-amino-alcohol motifs (C(OH)–C–C–N with tert-alkyl or cyclic N) is 1. The van der Waals surface area contributed by atoms with Crippen molar-refractivity contribution in [2.24, 2.45) is 0 Å². The quantitative estimate of drug-likeness (QED) is 0.527. The Balaban J connectivity index is 1.83. The Morgan fingerprint density at radius 1 is 1.12 bits per heavy atom. The van der Waals surface area contributed by atoms with Crippen LogP contribution in [0.25, 0.3) is 11.0 Å². The summed E-state index contributed by atoms with van der Waals surface area (Å²) in [6.07, 6.45) is 3.18. The summed E-state index contributed by atoms with van der Waals surface area (Å²) in [4.78, 5) is 28.3. The number of unbranched alkanes of at least 4 members (excludes halogenated alkanes) is 2. The van der Waals surface area contributed by atoms with Crippen LogP contribution in [-0.2, 0) is 0 Å². The highest BCUT2D eigenvalue weighted by atomic mass is 16.5. The van der Waals surface area contributed by atoms with Gasteiger partial charge in [-0.05, 0) is 55.2 Å². The molecule has 0 radical (unpaired) electrons. The minimum atomic E-state index is -0.634. The fourth-order valence-corrected chi connectivity index (χ4v) is 4.48. The fourth-order valence-electron chi connectivity index (χ4n) is 4.48. The van der Waals surface area contributed by atoms with Crippen LogP contribution in [0.4, 0.5) is 0 Å². The molecule has 1 aliphatic rings. The molecule has 0 bridgehead atoms. The third-order valence-corrected chi connectivity index (χ3v) is 5.93. The molecular weight excluding hydrogens is 406 g/mol. The van der Waals surface area contributed by atoms with Crippen LogP contribution in [-0.4, -0.2) is 35.7 Å². The Labute approximate surface area is 187 Å². The molecule has 0 fully saturated rings. The van der Waals surface area contributed by atoms with Crippen molar-refractivity contribution in [3.63, 3.8) is 0 Å². The Morgan fingerprint density at radius 3 is 2.69 bits per heavy atom. The van der Waals surface area contributed by atoms with Crippen molar-refractivity contribution in [2.75, 3.05) is 19.8 Å². The van der Waals surface area contributed by atoms with E-state index in [-0.39, 0.29) is 30.2 Å². The monoisotopic (exact) mass is 435 g/mol. The highest BCUT2D eigenvalue weighted by molar-refractivity contribution is 5.99. The standard InChI is InChI=1S/C26H29NO5/c1-4-5-6-12-31-19-9-7-8-18(15-19)22-21-23(29)20-14-16(2)13-17(3)24(20)32-25(21)26(30)27(22)10-11-28/h7-9,13-15,22,28H,4-6,10-12H2,1-3H3. The molecule has 0 saturated carbocycles. The number of aryl methyl sites for hydroxylation is 2. The van der Waals surface area contributed by atoms with Gasteiger partial charge in [-0.15, -0.1) is 0 Å². The van der Waals surface area contributed by atoms with Crippen LogP contribution < -0.4 is 10.2 Å². The Bertz CT molecular complexity index is 1210. The summed E-state index contributed by atoms with van der Waals surface area (Å²) in [6, 6.07) is 10.6. The molecule has 3 aromatic rings. The van der Waals surface area contributed by atoms with Crippen molar-refractivity contribution in [3.8, 4) is 5.75 Å². The van der Waals surface area contributed by atoms with Crippen LogP contribution in [0.15, 0.2) is 45.6 Å². The molecule has 1 amide bonds. The van der Waals surface area contributed by atoms with E-state index in [0.717, 1.165) is 36.0 Å². The van der Waals surface area contributed by atoms with Gasteiger partial charge < -0.3 is 19.2 Å². The van der Waals surface area contributed by atoms with Gasteiger partial charge >= 0.3 is 0 Å². The lowest BCUT2D eigenvalue weighted by Crippen LogP contribution is -2.32. The third kappa shape index (κ3) is 3.91. The van der Waals surface area contributed by atoms with E-state index in [1.807, 2.05) is 44.2 Å². The summed E-state index contributed by atoms with van der Waals surface area (Å²) in [6.45, 7) is 6.44. The minimum Gasteiger partial charge on any atom is -0.494 e. The van der Waals surface area contributed by atoms with E-state index in [4.69, 9.17) is 9.15 Å². The zero-order chi connectivity index (χ0) is 22.8. The number of hydrogen-bond donors (Lipinski definition) is 1. The first-order valence-electron chi connectivity index (χ1n) is 11.2. The van der Waals surface area contributed by atoms with Crippen LogP contribution in [0.5, 0.6) is 5.75 Å². The van der Waals surface area contributed by atoms with E-state index in [1.54, 1.807) is 6.07 Å². The lowest BCUT2D eigenvalue weighted by Gasteiger charge is -2.24. The van der Waals surface area contributed by atoms with Crippen LogP contribution in [0.2, 0.25) is 0 Å². The molecule has 1 unspecified atom stereocenters. The molecule has 1 atom stereocenters. The smallest absolute Gasteiger partial charge is 0.290 e. The van der Waals surface area contributed by atoms with E-state index in [9.17, 15) is 14.7 Å². The second kappa shape index (κ2) is 9.17. The number of rotatable bonds is 8. The molecule has 32 heavy (non-hydrogen) atoms. The maximum Gasteiger partial charge on any atom is 0.290 e. The number of carbonyl (C=O) groups is 1. The second-order valence-electron chi connectivity index (χ2n) is 8.39. The van der Waals surface area contributed by atoms with Crippen molar-refractivity contribution in [1.82, 2.24) is 4.90 Å². The molecule has 2 heterocycles. The highest BCUT2D eigenvalue weighted by Crippen LogP contribution is 2.39. The normalized spacial score (nSPS) is 15.4. The molecule has 6 heteroatoms. The minimum absolute atomic E-state index is 0.0576. The summed E-state index contributed by atoms with van der Waals surface area (Å²) in [5.41, 5.74) is 3.08. The number of nitrogens with zero attached hydrogens (tertiary/aromatic N) is 1. The number of carbonyl (C=O) groups excluding carboxylic acids is 1. The van der Waals surface area contributed by atoms with Gasteiger partial charge in [0, 0.05) is 6.54 Å². The number of benzene rings is 2. The number of hydrogen-bond acceptors (Lipinski definition) is 5. The number of fused-ring (bicyclic) bond motifs is 2. The maximum atomic E-state index is 13.6. The Kier molecular flexibility index (Phi) is 6.33. The van der Waals surface area contributed by atoms with Gasteiger partial charge in [-0.1, -0.05) is 38.0 Å². The van der Waals surface area contributed by atoms with Crippen LogP contribution >= 0.6 is 0 Å². The molecule has 1 aromatic heterocycles. The van der Waals surface area contributed by atoms with Gasteiger partial charge in [-0.2, -0.15) is 0 Å². The van der Waals surface area contributed by atoms with Crippen molar-refractivity contribution in [3.05, 3.63) is 74.6 Å². The summed E-state index contributed by atoms with van der Waals surface area (Å²) in [5, 5.41) is 10.1. The lowest BCUT2D eigenvalue weighted by atomic mass is 9.97. The van der Waals surface area contributed by atoms with Crippen molar-refractivity contribution < 1.29 is 19.1 Å². The zero-order valence-electron chi connectivity index (χ0n) is 18.8. The van der Waals surface area contributed by atoms with Crippen LogP contribution in [0.1, 0.15) is 65.0 Å². The van der Waals surface area contributed by atoms with Gasteiger partial charge in [0.1, 0.15) is 11.3 Å². The van der Waals surface area contributed by atoms with Gasteiger partial charge in [0.05, 0.1) is 30.2 Å². The summed E-state index contributed by atoms with van der Waals surface area (Å²) < 4.78 is 11.9. The molecule has 2 aromatic carbocycles. The van der Waals surface area contributed by atoms with E-state index < -0.39 is 6.04 Å². The molecule has 0 spiro atoms. The number of ether oxygens (including phenoxy) is 1. The molecule has 168 valence electrons. The molecule has 4 rings (SSSR count). The molecule has 0 aliphatic carbocycles. The second-order valence-corrected chi connectivity index (χ2v) is 8.39. The molecule has 0 saturated heterocycles. The van der Waals surface area contributed by atoms with E-state index in [1.165, 1.54) is 4.90 Å². The summed E-state index contributed by atoms with van der Waals surface area (Å²) >= 11 is 0. The van der Waals surface area contributed by atoms with Gasteiger partial charge in [-0.25, -0.2) is 0 Å². The van der Waals surface area contributed by atoms with Crippen molar-refractivity contribution in [2.45, 2.75) is 46.1 Å². The first kappa shape index (κ1) is 22.1. The number of amides is 1. The highest BCUT2D eigenvalue weighted by Gasteiger charge is 2.42. The average Bonchev–Trinajstić information content (AvgIpc) is 3.05. The van der Waals surface area contributed by atoms with E-state index in [2.05, 4.69) is 6.92 Å². The van der Waals surface area contributed by atoms with Crippen LogP contribution in [0.3, 0.4) is 0 Å². The molecule has 1 N–H and O–H groups in total. The maximum absolute atomic E-state index is 13.6. The van der Waals surface area contributed by atoms with E-state index in [0.29, 0.717) is 28.9 Å². The largest absolute Gasteiger partial charge is 0.494 e. The SMILES string of the molecule is CCCCCOc1cccc(C2c3c(oc4c(C)cc(C)cc4c3=O)C(=O)N2CCO)c1. The fraction of sp³-hybridized carbons (Fsp3) is 0.385. The first-order chi connectivity index (χ1) is 15.5. The van der Waals surface area contributed by atoms with E-state index >= 15 is 0 Å². The average molecular weight is 436 g/mol.